The van der Waals surface area contributed by atoms with Gasteiger partial charge < -0.3 is 0 Å². The Hall–Kier alpha value is -0.510. The van der Waals surface area contributed by atoms with Crippen LogP contribution in [0.5, 0.6) is 0 Å². The molecule has 3 saturated carbocycles. The van der Waals surface area contributed by atoms with Gasteiger partial charge in [0.25, 0.3) is 0 Å². The summed E-state index contributed by atoms with van der Waals surface area (Å²) in [5, 5.41) is 9.83. The Balaban J connectivity index is 1.37. The van der Waals surface area contributed by atoms with E-state index >= 15 is 0 Å². The molecule has 0 aromatic rings. The first-order chi connectivity index (χ1) is 14.2. The first-order valence-corrected chi connectivity index (χ1v) is 13.6. The molecule has 0 radical (unpaired) electrons. The Labute approximate surface area is 182 Å². The van der Waals surface area contributed by atoms with Gasteiger partial charge in [-0.15, -0.1) is 0 Å². The molecule has 3 aliphatic rings. The first kappa shape index (κ1) is 23.2. The van der Waals surface area contributed by atoms with Gasteiger partial charge >= 0.3 is 0 Å². The lowest BCUT2D eigenvalue weighted by molar-refractivity contribution is 0.0898. The minimum absolute atomic E-state index is 0.0410. The Kier molecular flexibility index (Phi) is 9.40. The molecule has 0 bridgehead atoms. The second-order valence-electron chi connectivity index (χ2n) is 11.3. The summed E-state index contributed by atoms with van der Waals surface area (Å²) in [6.07, 6.45) is 26.6. The molecule has 0 heterocycles. The second kappa shape index (κ2) is 11.8. The lowest BCUT2D eigenvalue weighted by atomic mass is 9.62. The normalized spacial score (nSPS) is 38.4. The largest absolute Gasteiger partial charge is 0.198 e. The molecule has 0 atom stereocenters. The molecule has 29 heavy (non-hydrogen) atoms. The zero-order valence-corrected chi connectivity index (χ0v) is 19.8. The van der Waals surface area contributed by atoms with Crippen LogP contribution in [0.3, 0.4) is 0 Å². The summed E-state index contributed by atoms with van der Waals surface area (Å²) in [5.74, 6) is 5.09. The molecule has 0 N–H and O–H groups in total. The van der Waals surface area contributed by atoms with Crippen molar-refractivity contribution in [2.45, 2.75) is 136 Å². The summed E-state index contributed by atoms with van der Waals surface area (Å²) < 4.78 is 0. The van der Waals surface area contributed by atoms with Crippen molar-refractivity contribution in [1.29, 1.82) is 5.26 Å². The first-order valence-electron chi connectivity index (χ1n) is 13.6. The van der Waals surface area contributed by atoms with Gasteiger partial charge in [-0.1, -0.05) is 65.2 Å². The van der Waals surface area contributed by atoms with Gasteiger partial charge in [-0.3, -0.25) is 0 Å². The van der Waals surface area contributed by atoms with E-state index in [2.05, 4.69) is 19.9 Å². The van der Waals surface area contributed by atoms with Gasteiger partial charge in [0.2, 0.25) is 0 Å². The highest BCUT2D eigenvalue weighted by Gasteiger charge is 2.39. The Morgan fingerprint density at radius 3 is 1.62 bits per heavy atom. The van der Waals surface area contributed by atoms with Crippen LogP contribution in [0.1, 0.15) is 136 Å². The van der Waals surface area contributed by atoms with Crippen LogP contribution in [0.15, 0.2) is 0 Å². The molecule has 3 rings (SSSR count). The Bertz CT molecular complexity index is 479. The topological polar surface area (TPSA) is 23.8 Å². The lowest BCUT2D eigenvalue weighted by Gasteiger charge is -2.43. The summed E-state index contributed by atoms with van der Waals surface area (Å²) in [6.45, 7) is 4.60. The minimum Gasteiger partial charge on any atom is -0.198 e. The van der Waals surface area contributed by atoms with Crippen molar-refractivity contribution in [2.24, 2.45) is 35.0 Å². The maximum Gasteiger partial charge on any atom is 0.0689 e. The highest BCUT2D eigenvalue weighted by atomic mass is 14.5. The van der Waals surface area contributed by atoms with Crippen LogP contribution in [-0.4, -0.2) is 0 Å². The van der Waals surface area contributed by atoms with Gasteiger partial charge in [0.15, 0.2) is 0 Å². The molecule has 0 aliphatic heterocycles. The number of unbranched alkanes of at least 4 members (excludes halogenated alkanes) is 3. The van der Waals surface area contributed by atoms with E-state index in [1.807, 2.05) is 0 Å². The lowest BCUT2D eigenvalue weighted by Crippen LogP contribution is -2.32. The maximum absolute atomic E-state index is 9.83. The van der Waals surface area contributed by atoms with Crippen LogP contribution >= 0.6 is 0 Å². The van der Waals surface area contributed by atoms with Crippen LogP contribution < -0.4 is 0 Å². The van der Waals surface area contributed by atoms with Gasteiger partial charge in [-0.05, 0) is 100 Å². The number of hydrogen-bond acceptors (Lipinski definition) is 1. The van der Waals surface area contributed by atoms with E-state index in [1.165, 1.54) is 116 Å². The molecule has 0 amide bonds. The number of nitrogens with zero attached hydrogens (tertiary/aromatic N) is 1. The average Bonchev–Trinajstić information content (AvgIpc) is 2.79. The van der Waals surface area contributed by atoms with E-state index in [-0.39, 0.29) is 5.41 Å². The third kappa shape index (κ3) is 6.48. The van der Waals surface area contributed by atoms with Gasteiger partial charge in [0.05, 0.1) is 11.5 Å². The summed E-state index contributed by atoms with van der Waals surface area (Å²) in [5.41, 5.74) is 0.0410. The molecule has 0 spiro atoms. The van der Waals surface area contributed by atoms with Crippen molar-refractivity contribution in [3.8, 4) is 6.07 Å². The van der Waals surface area contributed by atoms with E-state index in [9.17, 15) is 5.26 Å². The Morgan fingerprint density at radius 1 is 0.655 bits per heavy atom. The second-order valence-corrected chi connectivity index (χ2v) is 11.3. The fraction of sp³-hybridized carbons (Fsp3) is 0.964. The SMILES string of the molecule is CCCCCC1(C#N)CCC(C2CCC(C3CCC(CCCC)CC3)CC2)CC1. The van der Waals surface area contributed by atoms with Gasteiger partial charge in [-0.2, -0.15) is 5.26 Å². The van der Waals surface area contributed by atoms with Crippen LogP contribution in [0.25, 0.3) is 0 Å². The monoisotopic (exact) mass is 399 g/mol. The van der Waals surface area contributed by atoms with Crippen molar-refractivity contribution in [2.75, 3.05) is 0 Å². The highest BCUT2D eigenvalue weighted by Crippen LogP contribution is 2.49. The molecule has 1 nitrogen and oxygen atoms in total. The summed E-state index contributed by atoms with van der Waals surface area (Å²) in [4.78, 5) is 0. The fourth-order valence-electron chi connectivity index (χ4n) is 7.32. The molecule has 0 aromatic carbocycles. The van der Waals surface area contributed by atoms with Gasteiger partial charge in [0, 0.05) is 0 Å². The zero-order chi connectivity index (χ0) is 20.5. The molecule has 0 saturated heterocycles. The summed E-state index contributed by atoms with van der Waals surface area (Å²) >= 11 is 0. The molecule has 3 fully saturated rings. The summed E-state index contributed by atoms with van der Waals surface area (Å²) in [6, 6.07) is 2.77. The number of nitriles is 1. The molecular weight excluding hydrogens is 350 g/mol. The smallest absolute Gasteiger partial charge is 0.0689 e. The van der Waals surface area contributed by atoms with Crippen LogP contribution in [-0.2, 0) is 0 Å². The van der Waals surface area contributed by atoms with Crippen molar-refractivity contribution in [3.05, 3.63) is 0 Å². The third-order valence-corrected chi connectivity index (χ3v) is 9.49. The molecule has 0 aromatic heterocycles. The van der Waals surface area contributed by atoms with Crippen molar-refractivity contribution < 1.29 is 0 Å². The van der Waals surface area contributed by atoms with Crippen molar-refractivity contribution >= 4 is 0 Å². The molecule has 1 heteroatoms. The van der Waals surface area contributed by atoms with Crippen molar-refractivity contribution in [1.82, 2.24) is 0 Å². The summed E-state index contributed by atoms with van der Waals surface area (Å²) in [7, 11) is 0. The van der Waals surface area contributed by atoms with Crippen LogP contribution in [0.2, 0.25) is 0 Å². The third-order valence-electron chi connectivity index (χ3n) is 9.49. The molecular formula is C28H49N. The van der Waals surface area contributed by atoms with Crippen LogP contribution in [0.4, 0.5) is 0 Å². The highest BCUT2D eigenvalue weighted by molar-refractivity contribution is 5.02. The Morgan fingerprint density at radius 2 is 1.14 bits per heavy atom. The molecule has 0 unspecified atom stereocenters. The van der Waals surface area contributed by atoms with Gasteiger partial charge in [0.1, 0.15) is 0 Å². The quantitative estimate of drug-likeness (QED) is 0.355. The van der Waals surface area contributed by atoms with E-state index in [0.717, 1.165) is 36.0 Å². The van der Waals surface area contributed by atoms with E-state index in [1.54, 1.807) is 0 Å². The molecule has 3 aliphatic carbocycles. The predicted octanol–water partition coefficient (Wildman–Crippen LogP) is 9.07. The number of rotatable bonds is 9. The van der Waals surface area contributed by atoms with Crippen molar-refractivity contribution in [3.63, 3.8) is 0 Å². The van der Waals surface area contributed by atoms with E-state index < -0.39 is 0 Å². The van der Waals surface area contributed by atoms with E-state index in [0.29, 0.717) is 0 Å². The minimum atomic E-state index is 0.0410. The van der Waals surface area contributed by atoms with E-state index in [4.69, 9.17) is 0 Å². The average molecular weight is 400 g/mol. The van der Waals surface area contributed by atoms with Crippen LogP contribution in [0, 0.1) is 46.3 Å². The van der Waals surface area contributed by atoms with Gasteiger partial charge in [-0.25, -0.2) is 0 Å². The standard InChI is InChI=1S/C28H49N/c1-3-5-7-19-28(22-29)20-17-27(18-21-28)26-15-13-25(14-16-26)24-11-9-23(10-12-24)8-6-4-2/h23-27H,3-21H2,1-2H3. The fourth-order valence-corrected chi connectivity index (χ4v) is 7.32. The number of hydrogen-bond donors (Lipinski definition) is 0. The predicted molar refractivity (Wildman–Crippen MR) is 125 cm³/mol. The zero-order valence-electron chi connectivity index (χ0n) is 19.8. The maximum atomic E-state index is 9.83. The molecule has 166 valence electrons.